The molecule has 0 heterocycles. The number of aliphatic hydroxyl groups is 2. The molecule has 0 bridgehead atoms. The molecular formula is C11H13N3O4. The van der Waals surface area contributed by atoms with E-state index in [0.717, 1.165) is 0 Å². The molecule has 0 aliphatic heterocycles. The lowest BCUT2D eigenvalue weighted by Crippen LogP contribution is -2.21. The van der Waals surface area contributed by atoms with Crippen LogP contribution in [0.1, 0.15) is 28.4 Å². The maximum Gasteiger partial charge on any atom is 0.336 e. The molecule has 3 N–H and O–H groups in total. The van der Waals surface area contributed by atoms with E-state index in [2.05, 4.69) is 10.0 Å². The van der Waals surface area contributed by atoms with Crippen LogP contribution in [0.5, 0.6) is 0 Å². The summed E-state index contributed by atoms with van der Waals surface area (Å²) >= 11 is 0. The van der Waals surface area contributed by atoms with Crippen LogP contribution in [0.3, 0.4) is 0 Å². The van der Waals surface area contributed by atoms with Gasteiger partial charge in [0.15, 0.2) is 0 Å². The first-order valence-corrected chi connectivity index (χ1v) is 5.27. The fourth-order valence-corrected chi connectivity index (χ4v) is 1.55. The highest BCUT2D eigenvalue weighted by atomic mass is 16.4. The summed E-state index contributed by atoms with van der Waals surface area (Å²) in [6.45, 7) is 0.0317. The number of carbonyl (C=O) groups is 1. The summed E-state index contributed by atoms with van der Waals surface area (Å²) in [6, 6.07) is 5.89. The van der Waals surface area contributed by atoms with Crippen LogP contribution < -0.4 is 0 Å². The van der Waals surface area contributed by atoms with Gasteiger partial charge in [-0.3, -0.25) is 0 Å². The molecule has 7 heteroatoms. The zero-order valence-electron chi connectivity index (χ0n) is 9.47. The summed E-state index contributed by atoms with van der Waals surface area (Å²) in [5.41, 5.74) is 8.16. The minimum absolute atomic E-state index is 0.0317. The van der Waals surface area contributed by atoms with E-state index in [0.29, 0.717) is 0 Å². The van der Waals surface area contributed by atoms with Crippen LogP contribution in [-0.4, -0.2) is 33.9 Å². The third kappa shape index (κ3) is 3.46. The Kier molecular flexibility index (Phi) is 5.13. The fourth-order valence-electron chi connectivity index (χ4n) is 1.55. The minimum Gasteiger partial charge on any atom is -0.478 e. The van der Waals surface area contributed by atoms with Crippen molar-refractivity contribution >= 4 is 5.97 Å². The van der Waals surface area contributed by atoms with Crippen LogP contribution in [0.15, 0.2) is 29.4 Å². The van der Waals surface area contributed by atoms with Gasteiger partial charge in [-0.05, 0) is 23.6 Å². The van der Waals surface area contributed by atoms with Crippen molar-refractivity contribution in [2.45, 2.75) is 18.6 Å². The van der Waals surface area contributed by atoms with Crippen molar-refractivity contribution in [1.82, 2.24) is 0 Å². The third-order valence-electron chi connectivity index (χ3n) is 2.46. The zero-order chi connectivity index (χ0) is 13.5. The molecule has 0 aliphatic carbocycles. The first-order valence-electron chi connectivity index (χ1n) is 5.27. The molecule has 96 valence electrons. The highest BCUT2D eigenvalue weighted by Gasteiger charge is 2.22. The van der Waals surface area contributed by atoms with Crippen LogP contribution in [0, 0.1) is 0 Å². The predicted molar refractivity (Wildman–Crippen MR) is 63.0 cm³/mol. The fraction of sp³-hybridized carbons (Fsp3) is 0.364. The number of aromatic carboxylic acids is 1. The number of carboxylic acid groups (broad SMARTS) is 1. The summed E-state index contributed by atoms with van der Waals surface area (Å²) in [6.07, 6.45) is -2.46. The summed E-state index contributed by atoms with van der Waals surface area (Å²) in [5.74, 6) is -1.17. The highest BCUT2D eigenvalue weighted by Crippen LogP contribution is 2.22. The molecular weight excluding hydrogens is 238 g/mol. The Bertz CT molecular complexity index is 471. The summed E-state index contributed by atoms with van der Waals surface area (Å²) in [4.78, 5) is 13.5. The molecule has 1 aromatic carbocycles. The van der Waals surface area contributed by atoms with Gasteiger partial charge in [-0.2, -0.15) is 0 Å². The van der Waals surface area contributed by atoms with E-state index in [1.54, 1.807) is 6.07 Å². The van der Waals surface area contributed by atoms with Gasteiger partial charge in [0.1, 0.15) is 6.10 Å². The van der Waals surface area contributed by atoms with Crippen molar-refractivity contribution in [3.63, 3.8) is 0 Å². The molecule has 0 saturated carbocycles. The third-order valence-corrected chi connectivity index (χ3v) is 2.46. The standard InChI is InChI=1S/C11H13N3O4/c12-14-13-6-5-9(15)10(16)7-3-1-2-4-8(7)11(17)18/h1-4,9-10,15-16H,5-6H2,(H,17,18). The molecule has 0 amide bonds. The topological polar surface area (TPSA) is 127 Å². The molecule has 7 nitrogen and oxygen atoms in total. The maximum absolute atomic E-state index is 10.9. The second-order valence-corrected chi connectivity index (χ2v) is 3.65. The van der Waals surface area contributed by atoms with Gasteiger partial charge in [0, 0.05) is 11.5 Å². The smallest absolute Gasteiger partial charge is 0.336 e. The van der Waals surface area contributed by atoms with Gasteiger partial charge in [0.05, 0.1) is 11.7 Å². The molecule has 0 fully saturated rings. The lowest BCUT2D eigenvalue weighted by molar-refractivity contribution is 0.0141. The zero-order valence-corrected chi connectivity index (χ0v) is 9.47. The Balaban J connectivity index is 2.85. The first kappa shape index (κ1) is 14.0. The molecule has 0 saturated heterocycles. The second kappa shape index (κ2) is 6.61. The number of rotatable bonds is 6. The van der Waals surface area contributed by atoms with Crippen molar-refractivity contribution in [3.05, 3.63) is 45.8 Å². The molecule has 1 rings (SSSR count). The maximum atomic E-state index is 10.9. The van der Waals surface area contributed by atoms with E-state index in [1.165, 1.54) is 18.2 Å². The first-order chi connectivity index (χ1) is 8.57. The average Bonchev–Trinajstić information content (AvgIpc) is 2.38. The number of hydrogen-bond acceptors (Lipinski definition) is 4. The number of azide groups is 1. The van der Waals surface area contributed by atoms with Gasteiger partial charge < -0.3 is 15.3 Å². The Labute approximate surface area is 103 Å². The van der Waals surface area contributed by atoms with E-state index in [-0.39, 0.29) is 24.1 Å². The quantitative estimate of drug-likeness (QED) is 0.402. The van der Waals surface area contributed by atoms with Crippen molar-refractivity contribution < 1.29 is 20.1 Å². The van der Waals surface area contributed by atoms with Gasteiger partial charge in [-0.1, -0.05) is 23.3 Å². The Hall–Kier alpha value is -2.08. The second-order valence-electron chi connectivity index (χ2n) is 3.65. The molecule has 0 radical (unpaired) electrons. The average molecular weight is 251 g/mol. The van der Waals surface area contributed by atoms with E-state index >= 15 is 0 Å². The molecule has 0 spiro atoms. The SMILES string of the molecule is [N-]=[N+]=NCCC(O)C(O)c1ccccc1C(=O)O. The van der Waals surface area contributed by atoms with Gasteiger partial charge in [-0.15, -0.1) is 0 Å². The summed E-state index contributed by atoms with van der Waals surface area (Å²) in [7, 11) is 0. The minimum atomic E-state index is -1.33. The van der Waals surface area contributed by atoms with Gasteiger partial charge in [0.25, 0.3) is 0 Å². The van der Waals surface area contributed by atoms with E-state index < -0.39 is 18.2 Å². The molecule has 0 aromatic heterocycles. The number of hydrogen-bond donors (Lipinski definition) is 3. The van der Waals surface area contributed by atoms with Gasteiger partial charge in [0.2, 0.25) is 0 Å². The largest absolute Gasteiger partial charge is 0.478 e. The van der Waals surface area contributed by atoms with Crippen molar-refractivity contribution in [3.8, 4) is 0 Å². The van der Waals surface area contributed by atoms with Crippen molar-refractivity contribution in [2.24, 2.45) is 5.11 Å². The van der Waals surface area contributed by atoms with Crippen LogP contribution >= 0.6 is 0 Å². The van der Waals surface area contributed by atoms with E-state index in [9.17, 15) is 15.0 Å². The molecule has 0 aliphatic rings. The molecule has 2 atom stereocenters. The van der Waals surface area contributed by atoms with Crippen molar-refractivity contribution in [1.29, 1.82) is 0 Å². The number of aliphatic hydroxyl groups excluding tert-OH is 2. The molecule has 2 unspecified atom stereocenters. The lowest BCUT2D eigenvalue weighted by Gasteiger charge is -2.18. The lowest BCUT2D eigenvalue weighted by atomic mass is 9.97. The van der Waals surface area contributed by atoms with E-state index in [1.807, 2.05) is 0 Å². The van der Waals surface area contributed by atoms with E-state index in [4.69, 9.17) is 10.6 Å². The monoisotopic (exact) mass is 251 g/mol. The highest BCUT2D eigenvalue weighted by molar-refractivity contribution is 5.89. The van der Waals surface area contributed by atoms with Crippen LogP contribution in [0.4, 0.5) is 0 Å². The van der Waals surface area contributed by atoms with Crippen LogP contribution in [-0.2, 0) is 0 Å². The molecule has 18 heavy (non-hydrogen) atoms. The normalized spacial score (nSPS) is 13.4. The van der Waals surface area contributed by atoms with Crippen LogP contribution in [0.2, 0.25) is 0 Å². The Morgan fingerprint density at radius 2 is 2.06 bits per heavy atom. The summed E-state index contributed by atoms with van der Waals surface area (Å²) < 4.78 is 0. The summed E-state index contributed by atoms with van der Waals surface area (Å²) in [5, 5.41) is 31.7. The van der Waals surface area contributed by atoms with Gasteiger partial charge in [-0.25, -0.2) is 4.79 Å². The number of benzene rings is 1. The van der Waals surface area contributed by atoms with Gasteiger partial charge >= 0.3 is 5.97 Å². The Morgan fingerprint density at radius 3 is 2.67 bits per heavy atom. The predicted octanol–water partition coefficient (Wildman–Crippen LogP) is 1.48. The number of carboxylic acids is 1. The Morgan fingerprint density at radius 1 is 1.39 bits per heavy atom. The molecule has 1 aromatic rings. The number of nitrogens with zero attached hydrogens (tertiary/aromatic N) is 3. The van der Waals surface area contributed by atoms with Crippen LogP contribution in [0.25, 0.3) is 10.4 Å². The van der Waals surface area contributed by atoms with Crippen molar-refractivity contribution in [2.75, 3.05) is 6.54 Å².